The van der Waals surface area contributed by atoms with Gasteiger partial charge in [-0.05, 0) is 37.5 Å². The molecule has 0 radical (unpaired) electrons. The highest BCUT2D eigenvalue weighted by Crippen LogP contribution is 2.25. The number of halogens is 1. The third-order valence-corrected chi connectivity index (χ3v) is 4.69. The molecule has 144 valence electrons. The second-order valence-electron chi connectivity index (χ2n) is 5.61. The molecule has 0 saturated heterocycles. The van der Waals surface area contributed by atoms with E-state index in [-0.39, 0.29) is 10.8 Å². The van der Waals surface area contributed by atoms with Gasteiger partial charge in [0.25, 0.3) is 0 Å². The Morgan fingerprint density at radius 1 is 1.15 bits per heavy atom. The van der Waals surface area contributed by atoms with Crippen molar-refractivity contribution in [1.82, 2.24) is 0 Å². The minimum absolute atomic E-state index is 0.0578. The van der Waals surface area contributed by atoms with E-state index in [0.29, 0.717) is 24.4 Å². The Labute approximate surface area is 159 Å². The van der Waals surface area contributed by atoms with Crippen molar-refractivity contribution in [3.8, 4) is 5.75 Å². The summed E-state index contributed by atoms with van der Waals surface area (Å²) in [5, 5.41) is 10.0. The molecule has 0 aliphatic rings. The second kappa shape index (κ2) is 12.0. The normalized spacial score (nSPS) is 10.5. The Morgan fingerprint density at radius 2 is 1.73 bits per heavy atom. The molecule has 0 saturated carbocycles. The molecule has 0 aliphatic carbocycles. The maximum Gasteiger partial charge on any atom is 0.697 e. The van der Waals surface area contributed by atoms with Crippen molar-refractivity contribution < 1.29 is 23.1 Å². The van der Waals surface area contributed by atoms with Gasteiger partial charge in [0.1, 0.15) is 29.6 Å². The van der Waals surface area contributed by atoms with Gasteiger partial charge >= 0.3 is 13.9 Å². The number of unbranched alkanes of at least 4 members (excludes halogenated alkanes) is 2. The number of rotatable bonds is 8. The highest BCUT2D eigenvalue weighted by atomic mass is 35.5. The summed E-state index contributed by atoms with van der Waals surface area (Å²) < 4.78 is 25.6. The second-order valence-corrected chi connectivity index (χ2v) is 6.95. The van der Waals surface area contributed by atoms with Gasteiger partial charge in [0.15, 0.2) is 0 Å². The van der Waals surface area contributed by atoms with Crippen molar-refractivity contribution in [3.05, 3.63) is 39.2 Å². The van der Waals surface area contributed by atoms with Crippen LogP contribution in [0.25, 0.3) is 11.0 Å². The third kappa shape index (κ3) is 7.42. The average Bonchev–Trinajstić information content (AvgIpc) is 2.61. The van der Waals surface area contributed by atoms with Crippen LogP contribution in [-0.4, -0.2) is 18.3 Å². The topological polar surface area (TPSA) is 86.0 Å². The standard InChI is InChI=1S/C10H7ClO3.C8H18O3P/c1-5-7-3-2-6(12)4-8(7)14-10(13)9(5)11;1-3-5-7-10-12(9)11-8-6-4-2/h2-4,12H,1H3;3-8H2,1-2H3/q;+1. The fraction of sp³-hybridized carbons (Fsp3) is 0.500. The lowest BCUT2D eigenvalue weighted by molar-refractivity contribution is 0.221. The molecule has 1 heterocycles. The fourth-order valence-electron chi connectivity index (χ4n) is 1.93. The summed E-state index contributed by atoms with van der Waals surface area (Å²) in [7, 11) is -1.85. The first-order valence-corrected chi connectivity index (χ1v) is 10.0. The summed E-state index contributed by atoms with van der Waals surface area (Å²) in [4.78, 5) is 11.2. The lowest BCUT2D eigenvalue weighted by Gasteiger charge is -2.02. The zero-order valence-corrected chi connectivity index (χ0v) is 16.9. The third-order valence-electron chi connectivity index (χ3n) is 3.47. The van der Waals surface area contributed by atoms with E-state index in [1.807, 2.05) is 0 Å². The molecule has 1 aromatic heterocycles. The van der Waals surface area contributed by atoms with Gasteiger partial charge in [-0.2, -0.15) is 0 Å². The van der Waals surface area contributed by atoms with Crippen molar-refractivity contribution in [3.63, 3.8) is 0 Å². The van der Waals surface area contributed by atoms with Crippen LogP contribution < -0.4 is 5.63 Å². The maximum absolute atomic E-state index is 11.2. The van der Waals surface area contributed by atoms with Crippen LogP contribution in [0.3, 0.4) is 0 Å². The predicted molar refractivity (Wildman–Crippen MR) is 103 cm³/mol. The first kappa shape index (κ1) is 22.6. The SMILES string of the molecule is CCCCO[P+](=O)OCCCC.Cc1c(Cl)c(=O)oc2cc(O)ccc12. The van der Waals surface area contributed by atoms with Gasteiger partial charge in [0.2, 0.25) is 0 Å². The van der Waals surface area contributed by atoms with E-state index < -0.39 is 13.9 Å². The zero-order chi connectivity index (χ0) is 19.5. The maximum atomic E-state index is 11.2. The number of phenolic OH excluding ortho intramolecular Hbond substituents is 1. The molecule has 2 aromatic rings. The van der Waals surface area contributed by atoms with E-state index in [0.717, 1.165) is 31.1 Å². The highest BCUT2D eigenvalue weighted by Gasteiger charge is 2.18. The number of fused-ring (bicyclic) bond motifs is 1. The summed E-state index contributed by atoms with van der Waals surface area (Å²) in [6.07, 6.45) is 3.99. The Hall–Kier alpha value is -1.46. The van der Waals surface area contributed by atoms with Gasteiger partial charge in [0.05, 0.1) is 0 Å². The fourth-order valence-corrected chi connectivity index (χ4v) is 2.70. The Bertz CT molecular complexity index is 762. The van der Waals surface area contributed by atoms with Crippen LogP contribution in [0.4, 0.5) is 0 Å². The molecule has 0 fully saturated rings. The summed E-state index contributed by atoms with van der Waals surface area (Å²) in [5.41, 5.74) is 0.428. The van der Waals surface area contributed by atoms with Crippen LogP contribution in [0, 0.1) is 6.92 Å². The number of hydrogen-bond donors (Lipinski definition) is 1. The van der Waals surface area contributed by atoms with Crippen LogP contribution in [0.5, 0.6) is 5.75 Å². The lowest BCUT2D eigenvalue weighted by Crippen LogP contribution is -2.01. The number of benzene rings is 1. The van der Waals surface area contributed by atoms with Gasteiger partial charge in [-0.15, -0.1) is 9.05 Å². The molecule has 2 rings (SSSR count). The number of aryl methyl sites for hydroxylation is 1. The average molecular weight is 404 g/mol. The predicted octanol–water partition coefficient (Wildman–Crippen LogP) is 5.74. The molecule has 0 aliphatic heterocycles. The summed E-state index contributed by atoms with van der Waals surface area (Å²) >= 11 is 5.73. The van der Waals surface area contributed by atoms with Crippen LogP contribution in [0.2, 0.25) is 5.02 Å². The quantitative estimate of drug-likeness (QED) is 0.343. The molecule has 1 aromatic carbocycles. The summed E-state index contributed by atoms with van der Waals surface area (Å²) in [6, 6.07) is 4.57. The molecule has 0 unspecified atom stereocenters. The molecule has 1 N–H and O–H groups in total. The summed E-state index contributed by atoms with van der Waals surface area (Å²) in [5.74, 6) is 0.0578. The molecular formula is C18H25ClO6P+. The highest BCUT2D eigenvalue weighted by molar-refractivity contribution is 7.33. The molecule has 0 amide bonds. The molecular weight excluding hydrogens is 379 g/mol. The molecule has 0 bridgehead atoms. The molecule has 0 spiro atoms. The van der Waals surface area contributed by atoms with E-state index in [4.69, 9.17) is 25.1 Å². The van der Waals surface area contributed by atoms with Crippen molar-refractivity contribution in [2.45, 2.75) is 46.5 Å². The molecule has 0 atom stereocenters. The molecule has 8 heteroatoms. The van der Waals surface area contributed by atoms with Gasteiger partial charge in [-0.1, -0.05) is 38.3 Å². The van der Waals surface area contributed by atoms with Crippen molar-refractivity contribution in [2.24, 2.45) is 0 Å². The van der Waals surface area contributed by atoms with Crippen LogP contribution in [0.1, 0.15) is 45.1 Å². The minimum Gasteiger partial charge on any atom is -0.508 e. The number of aromatic hydroxyl groups is 1. The molecule has 26 heavy (non-hydrogen) atoms. The first-order valence-electron chi connectivity index (χ1n) is 8.55. The van der Waals surface area contributed by atoms with Crippen molar-refractivity contribution in [1.29, 1.82) is 0 Å². The van der Waals surface area contributed by atoms with Crippen molar-refractivity contribution in [2.75, 3.05) is 13.2 Å². The number of phenols is 1. The van der Waals surface area contributed by atoms with E-state index in [1.165, 1.54) is 12.1 Å². The van der Waals surface area contributed by atoms with Gasteiger partial charge < -0.3 is 9.52 Å². The Balaban J connectivity index is 0.000000265. The van der Waals surface area contributed by atoms with E-state index in [9.17, 15) is 14.5 Å². The van der Waals surface area contributed by atoms with E-state index in [1.54, 1.807) is 13.0 Å². The summed E-state index contributed by atoms with van der Waals surface area (Å²) in [6.45, 7) is 6.94. The molecule has 6 nitrogen and oxygen atoms in total. The van der Waals surface area contributed by atoms with Crippen LogP contribution >= 0.6 is 19.9 Å². The van der Waals surface area contributed by atoms with Crippen LogP contribution in [0.15, 0.2) is 27.4 Å². The van der Waals surface area contributed by atoms with Crippen molar-refractivity contribution >= 4 is 30.8 Å². The minimum atomic E-state index is -1.85. The van der Waals surface area contributed by atoms with Gasteiger partial charge in [-0.3, -0.25) is 0 Å². The largest absolute Gasteiger partial charge is 0.697 e. The lowest BCUT2D eigenvalue weighted by atomic mass is 10.1. The van der Waals surface area contributed by atoms with Crippen LogP contribution in [-0.2, 0) is 13.6 Å². The number of hydrogen-bond acceptors (Lipinski definition) is 6. The first-order chi connectivity index (χ1) is 12.4. The monoisotopic (exact) mass is 403 g/mol. The van der Waals surface area contributed by atoms with Gasteiger partial charge in [-0.25, -0.2) is 4.79 Å². The smallest absolute Gasteiger partial charge is 0.508 e. The Kier molecular flexibility index (Phi) is 10.4. The van der Waals surface area contributed by atoms with E-state index >= 15 is 0 Å². The van der Waals surface area contributed by atoms with Gasteiger partial charge in [0, 0.05) is 16.0 Å². The zero-order valence-electron chi connectivity index (χ0n) is 15.3. The van der Waals surface area contributed by atoms with E-state index in [2.05, 4.69) is 13.8 Å². The Morgan fingerprint density at radius 3 is 2.27 bits per heavy atom.